The van der Waals surface area contributed by atoms with Gasteiger partial charge in [0.25, 0.3) is 0 Å². The predicted molar refractivity (Wildman–Crippen MR) is 47.9 cm³/mol. The highest BCUT2D eigenvalue weighted by Crippen LogP contribution is 2.16. The van der Waals surface area contributed by atoms with Gasteiger partial charge in [-0.1, -0.05) is 6.92 Å². The van der Waals surface area contributed by atoms with E-state index < -0.39 is 0 Å². The topological polar surface area (TPSA) is 25.8 Å². The fourth-order valence-corrected chi connectivity index (χ4v) is 1.37. The Morgan fingerprint density at radius 3 is 2.73 bits per heavy atom. The van der Waals surface area contributed by atoms with Crippen molar-refractivity contribution in [1.82, 2.24) is 9.97 Å². The third-order valence-electron chi connectivity index (χ3n) is 1.52. The normalized spacial score (nSPS) is 10.1. The van der Waals surface area contributed by atoms with E-state index in [1.54, 1.807) is 11.8 Å². The van der Waals surface area contributed by atoms with Gasteiger partial charge in [-0.05, 0) is 13.2 Å². The van der Waals surface area contributed by atoms with Crippen molar-refractivity contribution in [2.45, 2.75) is 25.2 Å². The molecule has 0 radical (unpaired) electrons. The van der Waals surface area contributed by atoms with Gasteiger partial charge in [-0.15, -0.1) is 11.8 Å². The van der Waals surface area contributed by atoms with Crippen LogP contribution in [0.15, 0.2) is 11.1 Å². The SMILES string of the molecule is CCc1ncc(SC)c(C)n1. The maximum Gasteiger partial charge on any atom is 0.128 e. The Labute approximate surface area is 71.5 Å². The lowest BCUT2D eigenvalue weighted by Gasteiger charge is -2.01. The molecule has 0 N–H and O–H groups in total. The highest BCUT2D eigenvalue weighted by molar-refractivity contribution is 7.98. The summed E-state index contributed by atoms with van der Waals surface area (Å²) in [5.41, 5.74) is 1.09. The quantitative estimate of drug-likeness (QED) is 0.632. The van der Waals surface area contributed by atoms with E-state index >= 15 is 0 Å². The van der Waals surface area contributed by atoms with Crippen LogP contribution in [0.1, 0.15) is 18.4 Å². The van der Waals surface area contributed by atoms with Crippen molar-refractivity contribution in [1.29, 1.82) is 0 Å². The number of aryl methyl sites for hydroxylation is 2. The van der Waals surface area contributed by atoms with Gasteiger partial charge in [0.15, 0.2) is 0 Å². The van der Waals surface area contributed by atoms with Crippen LogP contribution in [0.2, 0.25) is 0 Å². The summed E-state index contributed by atoms with van der Waals surface area (Å²) in [4.78, 5) is 9.70. The van der Waals surface area contributed by atoms with Gasteiger partial charge >= 0.3 is 0 Å². The molecule has 0 saturated carbocycles. The van der Waals surface area contributed by atoms with Gasteiger partial charge in [0, 0.05) is 17.5 Å². The van der Waals surface area contributed by atoms with E-state index in [4.69, 9.17) is 0 Å². The molecule has 0 bridgehead atoms. The molecule has 2 nitrogen and oxygen atoms in total. The van der Waals surface area contributed by atoms with Gasteiger partial charge in [0.05, 0.1) is 5.69 Å². The van der Waals surface area contributed by atoms with E-state index in [1.807, 2.05) is 19.4 Å². The minimum atomic E-state index is 0.912. The summed E-state index contributed by atoms with van der Waals surface area (Å²) in [6.45, 7) is 4.08. The Morgan fingerprint density at radius 2 is 2.27 bits per heavy atom. The molecule has 1 aromatic heterocycles. The Hall–Kier alpha value is -0.570. The molecule has 0 saturated heterocycles. The van der Waals surface area contributed by atoms with E-state index in [2.05, 4.69) is 16.9 Å². The minimum absolute atomic E-state index is 0.912. The van der Waals surface area contributed by atoms with Crippen molar-refractivity contribution in [3.63, 3.8) is 0 Å². The monoisotopic (exact) mass is 168 g/mol. The minimum Gasteiger partial charge on any atom is -0.240 e. The molecule has 1 rings (SSSR count). The summed E-state index contributed by atoms with van der Waals surface area (Å²) >= 11 is 1.69. The second kappa shape index (κ2) is 3.72. The fourth-order valence-electron chi connectivity index (χ4n) is 0.875. The molecular formula is C8H12N2S. The van der Waals surface area contributed by atoms with E-state index in [0.29, 0.717) is 0 Å². The second-order valence-corrected chi connectivity index (χ2v) is 3.14. The van der Waals surface area contributed by atoms with Gasteiger partial charge in [-0.3, -0.25) is 0 Å². The molecule has 0 unspecified atom stereocenters. The first-order valence-electron chi connectivity index (χ1n) is 3.64. The van der Waals surface area contributed by atoms with Crippen LogP contribution in [0.3, 0.4) is 0 Å². The summed E-state index contributed by atoms with van der Waals surface area (Å²) in [5, 5.41) is 0. The van der Waals surface area contributed by atoms with E-state index in [0.717, 1.165) is 17.9 Å². The van der Waals surface area contributed by atoms with Crippen molar-refractivity contribution in [2.75, 3.05) is 6.26 Å². The lowest BCUT2D eigenvalue weighted by Crippen LogP contribution is -1.95. The molecule has 3 heteroatoms. The van der Waals surface area contributed by atoms with Crippen molar-refractivity contribution in [3.8, 4) is 0 Å². The highest BCUT2D eigenvalue weighted by Gasteiger charge is 1.99. The van der Waals surface area contributed by atoms with Crippen molar-refractivity contribution in [2.24, 2.45) is 0 Å². The molecular weight excluding hydrogens is 156 g/mol. The lowest BCUT2D eigenvalue weighted by atomic mass is 10.4. The maximum atomic E-state index is 4.33. The molecule has 0 spiro atoms. The Bertz CT molecular complexity index is 248. The van der Waals surface area contributed by atoms with Crippen LogP contribution >= 0.6 is 11.8 Å². The number of aromatic nitrogens is 2. The van der Waals surface area contributed by atoms with Gasteiger partial charge in [0.2, 0.25) is 0 Å². The zero-order chi connectivity index (χ0) is 8.27. The summed E-state index contributed by atoms with van der Waals surface area (Å²) in [6, 6.07) is 0. The van der Waals surface area contributed by atoms with E-state index in [9.17, 15) is 0 Å². The summed E-state index contributed by atoms with van der Waals surface area (Å²) in [6.07, 6.45) is 4.85. The zero-order valence-electron chi connectivity index (χ0n) is 7.09. The van der Waals surface area contributed by atoms with E-state index in [1.165, 1.54) is 4.90 Å². The third-order valence-corrected chi connectivity index (χ3v) is 2.36. The molecule has 1 heterocycles. The number of nitrogens with zero attached hydrogens (tertiary/aromatic N) is 2. The predicted octanol–water partition coefficient (Wildman–Crippen LogP) is 2.07. The molecule has 11 heavy (non-hydrogen) atoms. The van der Waals surface area contributed by atoms with Gasteiger partial charge < -0.3 is 0 Å². The van der Waals surface area contributed by atoms with Crippen molar-refractivity contribution < 1.29 is 0 Å². The molecule has 0 aliphatic rings. The number of hydrogen-bond donors (Lipinski definition) is 0. The average Bonchev–Trinajstić information content (AvgIpc) is 2.04. The molecule has 0 amide bonds. The smallest absolute Gasteiger partial charge is 0.128 e. The maximum absolute atomic E-state index is 4.33. The summed E-state index contributed by atoms with van der Waals surface area (Å²) in [7, 11) is 0. The summed E-state index contributed by atoms with van der Waals surface area (Å²) < 4.78 is 0. The number of rotatable bonds is 2. The van der Waals surface area contributed by atoms with Crippen LogP contribution in [0.5, 0.6) is 0 Å². The zero-order valence-corrected chi connectivity index (χ0v) is 7.90. The third kappa shape index (κ3) is 1.93. The number of hydrogen-bond acceptors (Lipinski definition) is 3. The van der Waals surface area contributed by atoms with E-state index in [-0.39, 0.29) is 0 Å². The first-order chi connectivity index (χ1) is 5.27. The number of thioether (sulfide) groups is 1. The van der Waals surface area contributed by atoms with Crippen LogP contribution in [-0.4, -0.2) is 16.2 Å². The van der Waals surface area contributed by atoms with Gasteiger partial charge in [-0.2, -0.15) is 0 Å². The molecule has 0 atom stereocenters. The molecule has 1 aromatic rings. The fraction of sp³-hybridized carbons (Fsp3) is 0.500. The van der Waals surface area contributed by atoms with Gasteiger partial charge in [-0.25, -0.2) is 9.97 Å². The molecule has 60 valence electrons. The van der Waals surface area contributed by atoms with Crippen LogP contribution in [-0.2, 0) is 6.42 Å². The van der Waals surface area contributed by atoms with Crippen molar-refractivity contribution >= 4 is 11.8 Å². The van der Waals surface area contributed by atoms with Crippen LogP contribution < -0.4 is 0 Å². The Balaban J connectivity index is 2.99. The molecule has 0 aliphatic heterocycles. The highest BCUT2D eigenvalue weighted by atomic mass is 32.2. The molecule has 0 fully saturated rings. The Morgan fingerprint density at radius 1 is 1.55 bits per heavy atom. The lowest BCUT2D eigenvalue weighted by molar-refractivity contribution is 0.887. The van der Waals surface area contributed by atoms with Crippen molar-refractivity contribution in [3.05, 3.63) is 17.7 Å². The van der Waals surface area contributed by atoms with Crippen LogP contribution in [0.4, 0.5) is 0 Å². The summed E-state index contributed by atoms with van der Waals surface area (Å²) in [5.74, 6) is 0.931. The first-order valence-corrected chi connectivity index (χ1v) is 4.87. The standard InChI is InChI=1S/C8H12N2S/c1-4-8-9-5-7(11-3)6(2)10-8/h5H,4H2,1-3H3. The second-order valence-electron chi connectivity index (χ2n) is 2.29. The molecule has 0 aromatic carbocycles. The largest absolute Gasteiger partial charge is 0.240 e. The first kappa shape index (κ1) is 8.53. The molecule has 0 aliphatic carbocycles. The van der Waals surface area contributed by atoms with Crippen LogP contribution in [0.25, 0.3) is 0 Å². The van der Waals surface area contributed by atoms with Crippen LogP contribution in [0, 0.1) is 6.92 Å². The average molecular weight is 168 g/mol. The van der Waals surface area contributed by atoms with Gasteiger partial charge in [0.1, 0.15) is 5.82 Å². The Kier molecular flexibility index (Phi) is 2.88.